The van der Waals surface area contributed by atoms with E-state index < -0.39 is 6.04 Å². The molecule has 0 radical (unpaired) electrons. The molecule has 0 fully saturated rings. The summed E-state index contributed by atoms with van der Waals surface area (Å²) in [6.45, 7) is 2.18. The topological polar surface area (TPSA) is 70.9 Å². The van der Waals surface area contributed by atoms with Gasteiger partial charge in [-0.25, -0.2) is 0 Å². The molecule has 1 atom stereocenters. The number of para-hydroxylation sites is 1. The van der Waals surface area contributed by atoms with Crippen LogP contribution in [0.25, 0.3) is 10.9 Å². The Morgan fingerprint density at radius 2 is 2.18 bits per heavy atom. The average molecular weight is 254 g/mol. The first-order chi connectivity index (χ1) is 7.68. The van der Waals surface area contributed by atoms with Crippen LogP contribution in [0.2, 0.25) is 0 Å². The molecular formula is C12H16ClN3O. The minimum atomic E-state index is -0.467. The molecule has 2 aromatic rings. The maximum absolute atomic E-state index is 11.3. The molecule has 92 valence electrons. The second-order valence-corrected chi connectivity index (χ2v) is 3.87. The highest BCUT2D eigenvalue weighted by atomic mass is 35.5. The number of nitrogens with one attached hydrogen (secondary N) is 2. The lowest BCUT2D eigenvalue weighted by Gasteiger charge is -2.06. The van der Waals surface area contributed by atoms with Gasteiger partial charge in [-0.15, -0.1) is 12.4 Å². The largest absolute Gasteiger partial charge is 0.361 e. The molecule has 1 aromatic carbocycles. The van der Waals surface area contributed by atoms with Gasteiger partial charge in [0.1, 0.15) is 0 Å². The number of hydrogen-bond donors (Lipinski definition) is 3. The van der Waals surface area contributed by atoms with Crippen LogP contribution in [0.5, 0.6) is 0 Å². The first-order valence-corrected chi connectivity index (χ1v) is 5.27. The standard InChI is InChI=1S/C12H15N3O.ClH/c1-8(13)12(16)15-7-9-6-14-11-5-3-2-4-10(9)11;/h2-6,8,14H,7,13H2,1H3,(H,15,16);1H. The van der Waals surface area contributed by atoms with Crippen molar-refractivity contribution in [2.75, 3.05) is 0 Å². The quantitative estimate of drug-likeness (QED) is 0.777. The molecule has 1 unspecified atom stereocenters. The zero-order valence-corrected chi connectivity index (χ0v) is 10.4. The number of carbonyl (C=O) groups is 1. The highest BCUT2D eigenvalue weighted by Crippen LogP contribution is 2.17. The van der Waals surface area contributed by atoms with Crippen molar-refractivity contribution in [1.29, 1.82) is 0 Å². The highest BCUT2D eigenvalue weighted by Gasteiger charge is 2.08. The van der Waals surface area contributed by atoms with Crippen LogP contribution in [-0.4, -0.2) is 16.9 Å². The lowest BCUT2D eigenvalue weighted by atomic mass is 10.2. The van der Waals surface area contributed by atoms with Crippen molar-refractivity contribution in [1.82, 2.24) is 10.3 Å². The van der Waals surface area contributed by atoms with Crippen molar-refractivity contribution in [2.45, 2.75) is 19.5 Å². The number of nitrogens with two attached hydrogens (primary N) is 1. The predicted octanol–water partition coefficient (Wildman–Crippen LogP) is 1.55. The molecule has 17 heavy (non-hydrogen) atoms. The number of aromatic nitrogens is 1. The smallest absolute Gasteiger partial charge is 0.236 e. The van der Waals surface area contributed by atoms with E-state index in [1.54, 1.807) is 6.92 Å². The fourth-order valence-electron chi connectivity index (χ4n) is 1.62. The summed E-state index contributed by atoms with van der Waals surface area (Å²) in [7, 11) is 0. The number of halogens is 1. The number of rotatable bonds is 3. The number of carbonyl (C=O) groups excluding carboxylic acids is 1. The Hall–Kier alpha value is -1.52. The zero-order valence-electron chi connectivity index (χ0n) is 9.57. The third kappa shape index (κ3) is 2.99. The van der Waals surface area contributed by atoms with Crippen LogP contribution in [0.3, 0.4) is 0 Å². The molecule has 0 aliphatic heterocycles. The summed E-state index contributed by atoms with van der Waals surface area (Å²) in [5.74, 6) is -0.134. The molecule has 4 N–H and O–H groups in total. The lowest BCUT2D eigenvalue weighted by molar-refractivity contribution is -0.122. The van der Waals surface area contributed by atoms with Crippen LogP contribution in [-0.2, 0) is 11.3 Å². The fourth-order valence-corrected chi connectivity index (χ4v) is 1.62. The van der Waals surface area contributed by atoms with Gasteiger partial charge in [0.05, 0.1) is 6.04 Å². The van der Waals surface area contributed by atoms with Crippen LogP contribution in [0, 0.1) is 0 Å². The van der Waals surface area contributed by atoms with Crippen LogP contribution in [0.15, 0.2) is 30.5 Å². The first kappa shape index (κ1) is 13.5. The molecule has 0 bridgehead atoms. The molecule has 2 rings (SSSR count). The first-order valence-electron chi connectivity index (χ1n) is 5.27. The monoisotopic (exact) mass is 253 g/mol. The summed E-state index contributed by atoms with van der Waals surface area (Å²) < 4.78 is 0. The summed E-state index contributed by atoms with van der Waals surface area (Å²) in [5, 5.41) is 3.92. The van der Waals surface area contributed by atoms with Crippen molar-refractivity contribution in [2.24, 2.45) is 5.73 Å². The Kier molecular flexibility index (Phi) is 4.54. The van der Waals surface area contributed by atoms with Crippen LogP contribution in [0.1, 0.15) is 12.5 Å². The molecule has 0 saturated heterocycles. The number of H-pyrrole nitrogens is 1. The summed E-state index contributed by atoms with van der Waals surface area (Å²) in [4.78, 5) is 14.5. The van der Waals surface area contributed by atoms with E-state index in [9.17, 15) is 4.79 Å². The molecule has 1 heterocycles. The Balaban J connectivity index is 0.00000144. The minimum absolute atomic E-state index is 0. The zero-order chi connectivity index (χ0) is 11.5. The summed E-state index contributed by atoms with van der Waals surface area (Å²) >= 11 is 0. The van der Waals surface area contributed by atoms with Gasteiger partial charge in [-0.05, 0) is 18.6 Å². The van der Waals surface area contributed by atoms with E-state index in [1.165, 1.54) is 0 Å². The van der Waals surface area contributed by atoms with E-state index >= 15 is 0 Å². The van der Waals surface area contributed by atoms with Crippen LogP contribution >= 0.6 is 12.4 Å². The molecular weight excluding hydrogens is 238 g/mol. The fraction of sp³-hybridized carbons (Fsp3) is 0.250. The van der Waals surface area contributed by atoms with E-state index in [0.717, 1.165) is 16.5 Å². The van der Waals surface area contributed by atoms with Crippen molar-refractivity contribution < 1.29 is 4.79 Å². The van der Waals surface area contributed by atoms with Crippen molar-refractivity contribution in [3.63, 3.8) is 0 Å². The molecule has 1 amide bonds. The molecule has 0 aliphatic rings. The van der Waals surface area contributed by atoms with Gasteiger partial charge in [0.15, 0.2) is 0 Å². The molecule has 0 aliphatic carbocycles. The Labute approximate surface area is 106 Å². The summed E-state index contributed by atoms with van der Waals surface area (Å²) in [6.07, 6.45) is 1.91. The third-order valence-corrected chi connectivity index (χ3v) is 2.54. The number of benzene rings is 1. The predicted molar refractivity (Wildman–Crippen MR) is 71.0 cm³/mol. The number of amides is 1. The minimum Gasteiger partial charge on any atom is -0.361 e. The lowest BCUT2D eigenvalue weighted by Crippen LogP contribution is -2.37. The number of hydrogen-bond acceptors (Lipinski definition) is 2. The Bertz CT molecular complexity index is 507. The van der Waals surface area contributed by atoms with Gasteiger partial charge in [-0.3, -0.25) is 4.79 Å². The Morgan fingerprint density at radius 1 is 1.47 bits per heavy atom. The molecule has 5 heteroatoms. The molecule has 0 spiro atoms. The molecule has 0 saturated carbocycles. The molecule has 1 aromatic heterocycles. The van der Waals surface area contributed by atoms with Gasteiger partial charge in [-0.2, -0.15) is 0 Å². The van der Waals surface area contributed by atoms with Gasteiger partial charge in [0, 0.05) is 23.6 Å². The second-order valence-electron chi connectivity index (χ2n) is 3.87. The van der Waals surface area contributed by atoms with Gasteiger partial charge in [0.25, 0.3) is 0 Å². The van der Waals surface area contributed by atoms with Gasteiger partial charge in [0.2, 0.25) is 5.91 Å². The van der Waals surface area contributed by atoms with E-state index in [4.69, 9.17) is 5.73 Å². The van der Waals surface area contributed by atoms with E-state index in [2.05, 4.69) is 10.3 Å². The van der Waals surface area contributed by atoms with Crippen molar-refractivity contribution in [3.8, 4) is 0 Å². The maximum atomic E-state index is 11.3. The maximum Gasteiger partial charge on any atom is 0.236 e. The van der Waals surface area contributed by atoms with Crippen molar-refractivity contribution >= 4 is 29.2 Å². The summed E-state index contributed by atoms with van der Waals surface area (Å²) in [5.41, 5.74) is 7.62. The van der Waals surface area contributed by atoms with Crippen LogP contribution < -0.4 is 11.1 Å². The van der Waals surface area contributed by atoms with Crippen molar-refractivity contribution in [3.05, 3.63) is 36.0 Å². The number of fused-ring (bicyclic) bond motifs is 1. The van der Waals surface area contributed by atoms with E-state index in [1.807, 2.05) is 30.5 Å². The SMILES string of the molecule is CC(N)C(=O)NCc1c[nH]c2ccccc12.Cl. The highest BCUT2D eigenvalue weighted by molar-refractivity contribution is 5.85. The molecule has 4 nitrogen and oxygen atoms in total. The van der Waals surface area contributed by atoms with E-state index in [0.29, 0.717) is 6.54 Å². The number of aromatic amines is 1. The van der Waals surface area contributed by atoms with Gasteiger partial charge >= 0.3 is 0 Å². The van der Waals surface area contributed by atoms with Gasteiger partial charge in [-0.1, -0.05) is 18.2 Å². The van der Waals surface area contributed by atoms with Crippen LogP contribution in [0.4, 0.5) is 0 Å². The van der Waals surface area contributed by atoms with E-state index in [-0.39, 0.29) is 18.3 Å². The normalized spacial score (nSPS) is 11.9. The Morgan fingerprint density at radius 3 is 2.88 bits per heavy atom. The average Bonchev–Trinajstić information content (AvgIpc) is 2.69. The summed E-state index contributed by atoms with van der Waals surface area (Å²) in [6, 6.07) is 7.52. The third-order valence-electron chi connectivity index (χ3n) is 2.54. The second kappa shape index (κ2) is 5.70. The van der Waals surface area contributed by atoms with Gasteiger partial charge < -0.3 is 16.0 Å².